The lowest BCUT2D eigenvalue weighted by Gasteiger charge is -2.16. The van der Waals surface area contributed by atoms with Crippen molar-refractivity contribution in [1.29, 1.82) is 0 Å². The van der Waals surface area contributed by atoms with E-state index in [1.807, 2.05) is 0 Å². The number of aromatic nitrogens is 3. The van der Waals surface area contributed by atoms with E-state index in [0.29, 0.717) is 0 Å². The van der Waals surface area contributed by atoms with Crippen LogP contribution in [0.15, 0.2) is 29.2 Å². The third-order valence-electron chi connectivity index (χ3n) is 3.49. The molecule has 162 valence electrons. The summed E-state index contributed by atoms with van der Waals surface area (Å²) in [6, 6.07) is 3.01. The molecule has 1 N–H and O–H groups in total. The monoisotopic (exact) mass is 444 g/mol. The van der Waals surface area contributed by atoms with Gasteiger partial charge in [0.2, 0.25) is 10.0 Å². The van der Waals surface area contributed by atoms with Gasteiger partial charge in [-0.15, -0.1) is 5.10 Å². The van der Waals surface area contributed by atoms with E-state index < -0.39 is 41.5 Å². The van der Waals surface area contributed by atoms with Crippen molar-refractivity contribution < 1.29 is 39.8 Å². The van der Waals surface area contributed by atoms with E-state index in [0.717, 1.165) is 18.2 Å². The molecule has 0 saturated heterocycles. The fourth-order valence-corrected chi connectivity index (χ4v) is 3.58. The number of nitrogens with one attached hydrogen (secondary N) is 1. The second kappa shape index (κ2) is 8.90. The molecule has 29 heavy (non-hydrogen) atoms. The van der Waals surface area contributed by atoms with E-state index in [9.17, 15) is 30.4 Å². The van der Waals surface area contributed by atoms with E-state index in [1.165, 1.54) is 17.6 Å². The van der Waals surface area contributed by atoms with Gasteiger partial charge in [0, 0.05) is 12.6 Å². The minimum absolute atomic E-state index is 0.00762. The summed E-state index contributed by atoms with van der Waals surface area (Å²) in [5.74, 6) is -0.344. The Balaban J connectivity index is 2.21. The van der Waals surface area contributed by atoms with Crippen molar-refractivity contribution in [3.8, 4) is 11.8 Å². The first-order chi connectivity index (χ1) is 13.4. The summed E-state index contributed by atoms with van der Waals surface area (Å²) in [5.41, 5.74) is 0. The normalized spacial score (nSPS) is 13.5. The molecule has 0 bridgehead atoms. The largest absolute Gasteiger partial charge is 0.454 e. The number of sulfonamides is 1. The van der Waals surface area contributed by atoms with Crippen molar-refractivity contribution in [3.05, 3.63) is 30.1 Å². The number of rotatable bonds is 9. The highest BCUT2D eigenvalue weighted by Crippen LogP contribution is 2.23. The van der Waals surface area contributed by atoms with Crippen LogP contribution in [0.2, 0.25) is 0 Å². The lowest BCUT2D eigenvalue weighted by atomic mass is 10.3. The van der Waals surface area contributed by atoms with Crippen molar-refractivity contribution in [2.45, 2.75) is 44.1 Å². The van der Waals surface area contributed by atoms with Gasteiger partial charge in [0.15, 0.2) is 12.4 Å². The summed E-state index contributed by atoms with van der Waals surface area (Å²) in [6.07, 6.45) is -4.58. The molecule has 0 aliphatic carbocycles. The summed E-state index contributed by atoms with van der Waals surface area (Å²) in [6.45, 7) is -1.62. The Morgan fingerprint density at radius 1 is 1.24 bits per heavy atom. The maximum absolute atomic E-state index is 12.5. The number of halogens is 5. The van der Waals surface area contributed by atoms with Gasteiger partial charge in [-0.05, 0) is 26.0 Å². The second-order valence-electron chi connectivity index (χ2n) is 5.69. The first kappa shape index (κ1) is 22.8. The number of hydrogen-bond acceptors (Lipinski definition) is 6. The molecule has 8 nitrogen and oxygen atoms in total. The molecule has 0 amide bonds. The SMILES string of the molecule is CCn1c(OCC(F)(F)F)nnc1[C@@H](C)NS(=O)(=O)c1cccc(OC(F)F)c1. The molecule has 0 unspecified atom stereocenters. The molecule has 0 saturated carbocycles. The predicted octanol–water partition coefficient (Wildman–Crippen LogP) is 2.88. The molecule has 1 aromatic carbocycles. The third-order valence-corrected chi connectivity index (χ3v) is 5.03. The van der Waals surface area contributed by atoms with Crippen LogP contribution in [0.3, 0.4) is 0 Å². The van der Waals surface area contributed by atoms with Crippen LogP contribution >= 0.6 is 0 Å². The maximum Gasteiger partial charge on any atom is 0.422 e. The smallest absolute Gasteiger partial charge is 0.422 e. The van der Waals surface area contributed by atoms with E-state index in [1.54, 1.807) is 6.92 Å². The molecule has 0 aliphatic rings. The number of nitrogens with zero attached hydrogens (tertiary/aromatic N) is 3. The summed E-state index contributed by atoms with van der Waals surface area (Å²) in [5, 5.41) is 7.21. The van der Waals surface area contributed by atoms with Crippen LogP contribution in [0.1, 0.15) is 25.7 Å². The summed E-state index contributed by atoms with van der Waals surface area (Å²) >= 11 is 0. The van der Waals surface area contributed by atoms with Crippen molar-refractivity contribution in [3.63, 3.8) is 0 Å². The molecule has 1 heterocycles. The molecule has 14 heteroatoms. The minimum Gasteiger partial charge on any atom is -0.454 e. The third kappa shape index (κ3) is 6.25. The Bertz CT molecular complexity index is 933. The van der Waals surface area contributed by atoms with Crippen molar-refractivity contribution >= 4 is 10.0 Å². The van der Waals surface area contributed by atoms with Gasteiger partial charge in [0.1, 0.15) is 5.75 Å². The predicted molar refractivity (Wildman–Crippen MR) is 89.1 cm³/mol. The average Bonchev–Trinajstić information content (AvgIpc) is 3.02. The lowest BCUT2D eigenvalue weighted by Crippen LogP contribution is -2.29. The molecule has 0 fully saturated rings. The van der Waals surface area contributed by atoms with Crippen molar-refractivity contribution in [2.75, 3.05) is 6.61 Å². The fourth-order valence-electron chi connectivity index (χ4n) is 2.34. The molecule has 0 radical (unpaired) electrons. The Labute approximate surface area is 162 Å². The van der Waals surface area contributed by atoms with Gasteiger partial charge in [-0.1, -0.05) is 11.2 Å². The lowest BCUT2D eigenvalue weighted by molar-refractivity contribution is -0.155. The van der Waals surface area contributed by atoms with Crippen LogP contribution in [-0.4, -0.2) is 42.6 Å². The summed E-state index contributed by atoms with van der Waals surface area (Å²) in [7, 11) is -4.19. The van der Waals surface area contributed by atoms with Gasteiger partial charge < -0.3 is 9.47 Å². The zero-order valence-electron chi connectivity index (χ0n) is 15.2. The molecule has 2 aromatic rings. The van der Waals surface area contributed by atoms with E-state index in [2.05, 4.69) is 24.4 Å². The zero-order valence-corrected chi connectivity index (χ0v) is 16.0. The van der Waals surface area contributed by atoms with Gasteiger partial charge in [0.05, 0.1) is 10.9 Å². The first-order valence-corrected chi connectivity index (χ1v) is 9.61. The molecule has 1 atom stereocenters. The number of hydrogen-bond donors (Lipinski definition) is 1. The average molecular weight is 444 g/mol. The Kier molecular flexibility index (Phi) is 7.00. The quantitative estimate of drug-likeness (QED) is 0.598. The molecule has 1 aromatic heterocycles. The van der Waals surface area contributed by atoms with Crippen molar-refractivity contribution in [1.82, 2.24) is 19.5 Å². The topological polar surface area (TPSA) is 95.3 Å². The van der Waals surface area contributed by atoms with Gasteiger partial charge >= 0.3 is 18.8 Å². The van der Waals surface area contributed by atoms with Crippen LogP contribution in [0.25, 0.3) is 0 Å². The maximum atomic E-state index is 12.5. The zero-order chi connectivity index (χ0) is 21.8. The Hall–Kier alpha value is -2.48. The van der Waals surface area contributed by atoms with Crippen LogP contribution in [0.5, 0.6) is 11.8 Å². The molecular formula is C15H17F5N4O4S. The Morgan fingerprint density at radius 2 is 1.93 bits per heavy atom. The van der Waals surface area contributed by atoms with Gasteiger partial charge in [-0.25, -0.2) is 13.1 Å². The fraction of sp³-hybridized carbons (Fsp3) is 0.467. The van der Waals surface area contributed by atoms with Crippen LogP contribution in [-0.2, 0) is 16.6 Å². The van der Waals surface area contributed by atoms with E-state index >= 15 is 0 Å². The standard InChI is InChI=1S/C15H17F5N4O4S/c1-3-24-12(21-22-14(24)27-8-15(18,19)20)9(2)23-29(25,26)11-6-4-5-10(7-11)28-13(16)17/h4-7,9,13,23H,3,8H2,1-2H3/t9-/m1/s1. The minimum atomic E-state index is -4.58. The molecular weight excluding hydrogens is 427 g/mol. The number of ether oxygens (including phenoxy) is 2. The second-order valence-corrected chi connectivity index (χ2v) is 7.40. The Morgan fingerprint density at radius 3 is 2.52 bits per heavy atom. The van der Waals surface area contributed by atoms with Gasteiger partial charge in [-0.2, -0.15) is 22.0 Å². The van der Waals surface area contributed by atoms with Crippen LogP contribution < -0.4 is 14.2 Å². The summed E-state index contributed by atoms with van der Waals surface area (Å²) < 4.78 is 98.9. The first-order valence-electron chi connectivity index (χ1n) is 8.12. The number of benzene rings is 1. The molecule has 0 spiro atoms. The van der Waals surface area contributed by atoms with E-state index in [4.69, 9.17) is 0 Å². The highest BCUT2D eigenvalue weighted by atomic mass is 32.2. The highest BCUT2D eigenvalue weighted by Gasteiger charge is 2.30. The molecule has 2 rings (SSSR count). The van der Waals surface area contributed by atoms with E-state index in [-0.39, 0.29) is 23.0 Å². The summed E-state index contributed by atoms with van der Waals surface area (Å²) in [4.78, 5) is -0.349. The van der Waals surface area contributed by atoms with Crippen molar-refractivity contribution in [2.24, 2.45) is 0 Å². The van der Waals surface area contributed by atoms with Gasteiger partial charge in [0.25, 0.3) is 0 Å². The van der Waals surface area contributed by atoms with Gasteiger partial charge in [-0.3, -0.25) is 4.57 Å². The van der Waals surface area contributed by atoms with Crippen LogP contribution in [0, 0.1) is 0 Å². The van der Waals surface area contributed by atoms with Crippen LogP contribution in [0.4, 0.5) is 22.0 Å². The number of alkyl halides is 5. The highest BCUT2D eigenvalue weighted by molar-refractivity contribution is 7.89. The molecule has 0 aliphatic heterocycles.